The summed E-state index contributed by atoms with van der Waals surface area (Å²) >= 11 is 7.47. The SMILES string of the molecule is CCOc1cc2ncc(-c3ccc(Cl)s3)nc2cc1OCC.Cl. The highest BCUT2D eigenvalue weighted by atomic mass is 35.5. The van der Waals surface area contributed by atoms with Gasteiger partial charge in [-0.2, -0.15) is 0 Å². The van der Waals surface area contributed by atoms with Crippen LogP contribution in [0.3, 0.4) is 0 Å². The molecule has 0 bridgehead atoms. The minimum Gasteiger partial charge on any atom is -0.490 e. The summed E-state index contributed by atoms with van der Waals surface area (Å²) < 4.78 is 12.0. The van der Waals surface area contributed by atoms with Gasteiger partial charge >= 0.3 is 0 Å². The molecule has 0 saturated carbocycles. The van der Waals surface area contributed by atoms with Crippen LogP contribution in [0.1, 0.15) is 13.8 Å². The van der Waals surface area contributed by atoms with Gasteiger partial charge in [-0.05, 0) is 26.0 Å². The van der Waals surface area contributed by atoms with Gasteiger partial charge in [-0.25, -0.2) is 4.98 Å². The summed E-state index contributed by atoms with van der Waals surface area (Å²) in [6, 6.07) is 7.54. The Morgan fingerprint density at radius 2 is 1.70 bits per heavy atom. The Morgan fingerprint density at radius 1 is 1.04 bits per heavy atom. The molecule has 0 radical (unpaired) electrons. The summed E-state index contributed by atoms with van der Waals surface area (Å²) in [7, 11) is 0. The van der Waals surface area contributed by atoms with Gasteiger partial charge in [-0.15, -0.1) is 23.7 Å². The fourth-order valence-electron chi connectivity index (χ4n) is 2.13. The van der Waals surface area contributed by atoms with E-state index >= 15 is 0 Å². The van der Waals surface area contributed by atoms with Crippen LogP contribution in [0.5, 0.6) is 11.5 Å². The molecule has 0 spiro atoms. The van der Waals surface area contributed by atoms with Gasteiger partial charge < -0.3 is 9.47 Å². The van der Waals surface area contributed by atoms with E-state index in [4.69, 9.17) is 21.1 Å². The number of hydrogen-bond donors (Lipinski definition) is 0. The largest absolute Gasteiger partial charge is 0.490 e. The number of ether oxygens (including phenoxy) is 2. The van der Waals surface area contributed by atoms with Crippen LogP contribution >= 0.6 is 35.3 Å². The number of halogens is 2. The third kappa shape index (κ3) is 3.86. The molecule has 122 valence electrons. The summed E-state index contributed by atoms with van der Waals surface area (Å²) in [5, 5.41) is 0. The second-order valence-corrected chi connectivity index (χ2v) is 6.23. The van der Waals surface area contributed by atoms with Gasteiger partial charge in [0.25, 0.3) is 0 Å². The predicted octanol–water partition coefficient (Wildman–Crippen LogP) is 5.23. The van der Waals surface area contributed by atoms with Crippen molar-refractivity contribution in [1.82, 2.24) is 9.97 Å². The van der Waals surface area contributed by atoms with Crippen LogP contribution in [0.4, 0.5) is 0 Å². The summed E-state index contributed by atoms with van der Waals surface area (Å²) in [5.41, 5.74) is 2.35. The lowest BCUT2D eigenvalue weighted by atomic mass is 10.2. The van der Waals surface area contributed by atoms with E-state index in [9.17, 15) is 0 Å². The Morgan fingerprint density at radius 3 is 2.26 bits per heavy atom. The molecule has 0 aliphatic rings. The summed E-state index contributed by atoms with van der Waals surface area (Å²) in [6.45, 7) is 5.02. The van der Waals surface area contributed by atoms with E-state index < -0.39 is 0 Å². The Hall–Kier alpha value is -1.56. The Bertz CT molecular complexity index is 808. The maximum Gasteiger partial charge on any atom is 0.163 e. The zero-order valence-corrected chi connectivity index (χ0v) is 15.1. The van der Waals surface area contributed by atoms with Gasteiger partial charge in [0.15, 0.2) is 11.5 Å². The standard InChI is InChI=1S/C16H15ClN2O2S.ClH/c1-3-20-13-7-10-11(8-14(13)21-4-2)19-12(9-18-10)15-5-6-16(17)22-15;/h5-9H,3-4H2,1-2H3;1H. The van der Waals surface area contributed by atoms with Crippen molar-refractivity contribution in [1.29, 1.82) is 0 Å². The minimum atomic E-state index is 0. The fourth-order valence-corrected chi connectivity index (χ4v) is 3.13. The quantitative estimate of drug-likeness (QED) is 0.616. The van der Waals surface area contributed by atoms with Crippen molar-refractivity contribution in [2.45, 2.75) is 13.8 Å². The fraction of sp³-hybridized carbons (Fsp3) is 0.250. The van der Waals surface area contributed by atoms with E-state index in [1.807, 2.05) is 38.1 Å². The van der Waals surface area contributed by atoms with Crippen LogP contribution in [0.2, 0.25) is 4.34 Å². The molecule has 2 heterocycles. The van der Waals surface area contributed by atoms with E-state index in [-0.39, 0.29) is 12.4 Å². The average molecular weight is 371 g/mol. The Labute approximate surface area is 149 Å². The highest BCUT2D eigenvalue weighted by molar-refractivity contribution is 7.19. The summed E-state index contributed by atoms with van der Waals surface area (Å²) in [6.07, 6.45) is 1.75. The lowest BCUT2D eigenvalue weighted by molar-refractivity contribution is 0.288. The van der Waals surface area contributed by atoms with Crippen LogP contribution in [-0.4, -0.2) is 23.2 Å². The normalized spacial score (nSPS) is 10.4. The number of rotatable bonds is 5. The van der Waals surface area contributed by atoms with Crippen molar-refractivity contribution in [3.05, 3.63) is 34.8 Å². The maximum absolute atomic E-state index is 5.98. The molecule has 0 saturated heterocycles. The van der Waals surface area contributed by atoms with E-state index in [0.717, 1.165) is 25.9 Å². The van der Waals surface area contributed by atoms with E-state index in [1.54, 1.807) is 6.20 Å². The first-order valence-corrected chi connectivity index (χ1v) is 8.22. The van der Waals surface area contributed by atoms with Gasteiger partial charge in [-0.1, -0.05) is 11.6 Å². The molecular weight excluding hydrogens is 355 g/mol. The van der Waals surface area contributed by atoms with Crippen LogP contribution in [0, 0.1) is 0 Å². The predicted molar refractivity (Wildman–Crippen MR) is 97.4 cm³/mol. The number of nitrogens with zero attached hydrogens (tertiary/aromatic N) is 2. The number of fused-ring (bicyclic) bond motifs is 1. The third-order valence-corrected chi connectivity index (χ3v) is 4.29. The van der Waals surface area contributed by atoms with Crippen LogP contribution < -0.4 is 9.47 Å². The van der Waals surface area contributed by atoms with Gasteiger partial charge in [0.05, 0.1) is 45.4 Å². The molecule has 0 fully saturated rings. The van der Waals surface area contributed by atoms with Crippen molar-refractivity contribution in [3.63, 3.8) is 0 Å². The topological polar surface area (TPSA) is 44.2 Å². The average Bonchev–Trinajstić information content (AvgIpc) is 2.94. The molecule has 3 aromatic rings. The van der Waals surface area contributed by atoms with Crippen molar-refractivity contribution >= 4 is 46.4 Å². The van der Waals surface area contributed by atoms with Crippen LogP contribution in [0.15, 0.2) is 30.5 Å². The molecule has 0 atom stereocenters. The first kappa shape index (κ1) is 17.8. The number of aromatic nitrogens is 2. The number of thiophene rings is 1. The summed E-state index contributed by atoms with van der Waals surface area (Å²) in [4.78, 5) is 10.1. The Kier molecular flexibility index (Phi) is 6.04. The van der Waals surface area contributed by atoms with Gasteiger partial charge in [-0.3, -0.25) is 4.98 Å². The smallest absolute Gasteiger partial charge is 0.163 e. The highest BCUT2D eigenvalue weighted by Crippen LogP contribution is 2.34. The highest BCUT2D eigenvalue weighted by Gasteiger charge is 2.11. The molecule has 4 nitrogen and oxygen atoms in total. The van der Waals surface area contributed by atoms with Crippen molar-refractivity contribution in [2.75, 3.05) is 13.2 Å². The van der Waals surface area contributed by atoms with Crippen molar-refractivity contribution in [3.8, 4) is 22.1 Å². The molecule has 23 heavy (non-hydrogen) atoms. The zero-order chi connectivity index (χ0) is 15.5. The van der Waals surface area contributed by atoms with Crippen LogP contribution in [0.25, 0.3) is 21.6 Å². The van der Waals surface area contributed by atoms with Crippen molar-refractivity contribution < 1.29 is 9.47 Å². The molecule has 0 aliphatic carbocycles. The third-order valence-electron chi connectivity index (χ3n) is 3.03. The van der Waals surface area contributed by atoms with Gasteiger partial charge in [0.1, 0.15) is 0 Å². The van der Waals surface area contributed by atoms with E-state index in [0.29, 0.717) is 24.7 Å². The number of hydrogen-bond acceptors (Lipinski definition) is 5. The molecular formula is C16H16Cl2N2O2S. The number of benzene rings is 1. The Balaban J connectivity index is 0.00000192. The molecule has 0 unspecified atom stereocenters. The molecule has 0 N–H and O–H groups in total. The summed E-state index contributed by atoms with van der Waals surface area (Å²) in [5.74, 6) is 1.38. The zero-order valence-electron chi connectivity index (χ0n) is 12.7. The molecule has 0 aliphatic heterocycles. The maximum atomic E-state index is 5.98. The van der Waals surface area contributed by atoms with Crippen molar-refractivity contribution in [2.24, 2.45) is 0 Å². The minimum absolute atomic E-state index is 0. The van der Waals surface area contributed by atoms with E-state index in [1.165, 1.54) is 11.3 Å². The first-order valence-electron chi connectivity index (χ1n) is 7.03. The first-order chi connectivity index (χ1) is 10.7. The molecule has 1 aromatic carbocycles. The molecule has 3 rings (SSSR count). The van der Waals surface area contributed by atoms with Gasteiger partial charge in [0, 0.05) is 12.1 Å². The monoisotopic (exact) mass is 370 g/mol. The molecule has 0 amide bonds. The molecule has 7 heteroatoms. The second kappa shape index (κ2) is 7.81. The lowest BCUT2D eigenvalue weighted by Gasteiger charge is -2.11. The van der Waals surface area contributed by atoms with Gasteiger partial charge in [0.2, 0.25) is 0 Å². The molecule has 2 aromatic heterocycles. The van der Waals surface area contributed by atoms with E-state index in [2.05, 4.69) is 9.97 Å². The lowest BCUT2D eigenvalue weighted by Crippen LogP contribution is -1.99. The second-order valence-electron chi connectivity index (χ2n) is 4.51. The van der Waals surface area contributed by atoms with Crippen LogP contribution in [-0.2, 0) is 0 Å².